The van der Waals surface area contributed by atoms with E-state index in [-0.39, 0.29) is 5.91 Å². The zero-order valence-corrected chi connectivity index (χ0v) is 17.4. The summed E-state index contributed by atoms with van der Waals surface area (Å²) in [4.78, 5) is 20.8. The highest BCUT2D eigenvalue weighted by Gasteiger charge is 2.21. The number of carbonyl (C=O) groups is 1. The molecule has 1 aliphatic rings. The number of thiazole rings is 1. The van der Waals surface area contributed by atoms with E-state index in [1.54, 1.807) is 11.3 Å². The van der Waals surface area contributed by atoms with Crippen LogP contribution in [0.5, 0.6) is 5.75 Å². The van der Waals surface area contributed by atoms with Gasteiger partial charge >= 0.3 is 0 Å². The van der Waals surface area contributed by atoms with E-state index in [0.29, 0.717) is 18.2 Å². The maximum atomic E-state index is 12.4. The topological polar surface area (TPSA) is 54.5 Å². The minimum absolute atomic E-state index is 0.0404. The van der Waals surface area contributed by atoms with Crippen molar-refractivity contribution < 1.29 is 9.53 Å². The van der Waals surface area contributed by atoms with Crippen molar-refractivity contribution in [2.24, 2.45) is 0 Å². The number of ether oxygens (including phenoxy) is 1. The molecule has 0 unspecified atom stereocenters. The van der Waals surface area contributed by atoms with Crippen molar-refractivity contribution in [1.29, 1.82) is 0 Å². The minimum Gasteiger partial charge on any atom is -0.494 e. The quantitative estimate of drug-likeness (QED) is 0.635. The number of benzene rings is 2. The predicted octanol–water partition coefficient (Wildman–Crippen LogP) is 4.28. The molecule has 4 rings (SSSR count). The van der Waals surface area contributed by atoms with Crippen LogP contribution in [0, 0.1) is 0 Å². The van der Waals surface area contributed by atoms with Crippen molar-refractivity contribution in [1.82, 2.24) is 9.88 Å². The van der Waals surface area contributed by atoms with E-state index in [1.807, 2.05) is 37.3 Å². The van der Waals surface area contributed by atoms with Crippen molar-refractivity contribution in [3.8, 4) is 5.75 Å². The molecule has 150 valence electrons. The van der Waals surface area contributed by atoms with Gasteiger partial charge in [0.2, 0.25) is 5.91 Å². The first-order valence-corrected chi connectivity index (χ1v) is 10.8. The Morgan fingerprint density at radius 3 is 2.69 bits per heavy atom. The maximum Gasteiger partial charge on any atom is 0.230 e. The minimum atomic E-state index is -0.0404. The molecule has 1 N–H and O–H groups in total. The zero-order valence-electron chi connectivity index (χ0n) is 16.6. The lowest BCUT2D eigenvalue weighted by atomic mass is 10.1. The number of aromatic nitrogens is 1. The standard InChI is InChI=1S/C23H25N3O2S/c1-2-28-19-10-8-17(9-11-19)14-22(27)25-23-24-20-12-13-26(16-21(20)29-23)15-18-6-4-3-5-7-18/h3-11H,2,12-16H2,1H3,(H,24,25,27). The molecule has 3 aromatic rings. The summed E-state index contributed by atoms with van der Waals surface area (Å²) in [5, 5.41) is 3.67. The lowest BCUT2D eigenvalue weighted by Crippen LogP contribution is -2.29. The van der Waals surface area contributed by atoms with Crippen molar-refractivity contribution in [2.75, 3.05) is 18.5 Å². The largest absolute Gasteiger partial charge is 0.494 e. The number of amides is 1. The second kappa shape index (κ2) is 9.20. The maximum absolute atomic E-state index is 12.4. The highest BCUT2D eigenvalue weighted by atomic mass is 32.1. The fourth-order valence-corrected chi connectivity index (χ4v) is 4.56. The molecule has 0 fully saturated rings. The molecular weight excluding hydrogens is 382 g/mol. The number of hydrogen-bond donors (Lipinski definition) is 1. The SMILES string of the molecule is CCOc1ccc(CC(=O)Nc2nc3c(s2)CN(Cc2ccccc2)CC3)cc1. The highest BCUT2D eigenvalue weighted by molar-refractivity contribution is 7.15. The fraction of sp³-hybridized carbons (Fsp3) is 0.304. The molecule has 0 atom stereocenters. The summed E-state index contributed by atoms with van der Waals surface area (Å²) >= 11 is 1.59. The van der Waals surface area contributed by atoms with Gasteiger partial charge in [0, 0.05) is 30.9 Å². The molecule has 0 radical (unpaired) electrons. The Kier molecular flexibility index (Phi) is 6.22. The van der Waals surface area contributed by atoms with Gasteiger partial charge in [-0.05, 0) is 30.2 Å². The summed E-state index contributed by atoms with van der Waals surface area (Å²) in [6.45, 7) is 5.41. The van der Waals surface area contributed by atoms with E-state index in [4.69, 9.17) is 4.74 Å². The van der Waals surface area contributed by atoms with Crippen LogP contribution in [0.3, 0.4) is 0 Å². The molecule has 6 heteroatoms. The highest BCUT2D eigenvalue weighted by Crippen LogP contribution is 2.29. The molecule has 29 heavy (non-hydrogen) atoms. The summed E-state index contributed by atoms with van der Waals surface area (Å²) in [7, 11) is 0. The first-order chi connectivity index (χ1) is 14.2. The summed E-state index contributed by atoms with van der Waals surface area (Å²) in [5.74, 6) is 0.783. The number of rotatable bonds is 7. The van der Waals surface area contributed by atoms with Gasteiger partial charge in [-0.15, -0.1) is 11.3 Å². The van der Waals surface area contributed by atoms with Gasteiger partial charge in [-0.2, -0.15) is 0 Å². The zero-order chi connectivity index (χ0) is 20.1. The van der Waals surface area contributed by atoms with E-state index in [1.165, 1.54) is 10.4 Å². The van der Waals surface area contributed by atoms with E-state index >= 15 is 0 Å². The number of anilines is 1. The molecule has 2 heterocycles. The van der Waals surface area contributed by atoms with E-state index < -0.39 is 0 Å². The van der Waals surface area contributed by atoms with Gasteiger partial charge in [-0.1, -0.05) is 42.5 Å². The molecule has 1 amide bonds. The lowest BCUT2D eigenvalue weighted by Gasteiger charge is -2.25. The van der Waals surface area contributed by atoms with Gasteiger partial charge in [0.15, 0.2) is 5.13 Å². The second-order valence-corrected chi connectivity index (χ2v) is 8.22. The Hall–Kier alpha value is -2.70. The summed E-state index contributed by atoms with van der Waals surface area (Å²) < 4.78 is 5.44. The summed E-state index contributed by atoms with van der Waals surface area (Å²) in [6, 6.07) is 18.2. The molecule has 2 aromatic carbocycles. The van der Waals surface area contributed by atoms with Gasteiger partial charge in [0.1, 0.15) is 5.75 Å². The van der Waals surface area contributed by atoms with Crippen LogP contribution in [0.25, 0.3) is 0 Å². The summed E-state index contributed by atoms with van der Waals surface area (Å²) in [5.41, 5.74) is 3.40. The molecule has 1 aliphatic heterocycles. The van der Waals surface area contributed by atoms with Crippen LogP contribution in [0.1, 0.15) is 28.6 Å². The van der Waals surface area contributed by atoms with Crippen LogP contribution in [0.15, 0.2) is 54.6 Å². The van der Waals surface area contributed by atoms with Crippen LogP contribution in [-0.2, 0) is 30.7 Å². The van der Waals surface area contributed by atoms with Gasteiger partial charge in [-0.3, -0.25) is 9.69 Å². The molecule has 5 nitrogen and oxygen atoms in total. The molecule has 0 bridgehead atoms. The first-order valence-electron chi connectivity index (χ1n) is 9.96. The van der Waals surface area contributed by atoms with Gasteiger partial charge in [-0.25, -0.2) is 4.98 Å². The van der Waals surface area contributed by atoms with Gasteiger partial charge in [0.25, 0.3) is 0 Å². The van der Waals surface area contributed by atoms with E-state index in [0.717, 1.165) is 43.1 Å². The van der Waals surface area contributed by atoms with Crippen molar-refractivity contribution in [2.45, 2.75) is 32.9 Å². The summed E-state index contributed by atoms with van der Waals surface area (Å²) in [6.07, 6.45) is 1.25. The Morgan fingerprint density at radius 2 is 1.93 bits per heavy atom. The number of hydrogen-bond acceptors (Lipinski definition) is 5. The van der Waals surface area contributed by atoms with Gasteiger partial charge < -0.3 is 10.1 Å². The first kappa shape index (κ1) is 19.6. The Labute approximate surface area is 175 Å². The Balaban J connectivity index is 1.33. The third-order valence-electron chi connectivity index (χ3n) is 4.90. The molecule has 1 aromatic heterocycles. The van der Waals surface area contributed by atoms with Gasteiger partial charge in [0.05, 0.1) is 18.7 Å². The normalized spacial score (nSPS) is 13.7. The van der Waals surface area contributed by atoms with Crippen LogP contribution in [0.4, 0.5) is 5.13 Å². The van der Waals surface area contributed by atoms with Crippen molar-refractivity contribution in [3.05, 3.63) is 76.3 Å². The van der Waals surface area contributed by atoms with Crippen LogP contribution in [0.2, 0.25) is 0 Å². The van der Waals surface area contributed by atoms with Crippen molar-refractivity contribution in [3.63, 3.8) is 0 Å². The van der Waals surface area contributed by atoms with Crippen LogP contribution < -0.4 is 10.1 Å². The number of nitrogens with one attached hydrogen (secondary N) is 1. The molecule has 0 saturated heterocycles. The van der Waals surface area contributed by atoms with E-state index in [9.17, 15) is 4.79 Å². The lowest BCUT2D eigenvalue weighted by molar-refractivity contribution is -0.115. The molecule has 0 spiro atoms. The number of nitrogens with zero attached hydrogens (tertiary/aromatic N) is 2. The van der Waals surface area contributed by atoms with Crippen LogP contribution >= 0.6 is 11.3 Å². The Bertz CT molecular complexity index is 954. The van der Waals surface area contributed by atoms with E-state index in [2.05, 4.69) is 39.5 Å². The van der Waals surface area contributed by atoms with Crippen molar-refractivity contribution >= 4 is 22.4 Å². The van der Waals surface area contributed by atoms with Crippen LogP contribution in [-0.4, -0.2) is 28.9 Å². The predicted molar refractivity (Wildman–Crippen MR) is 116 cm³/mol. The Morgan fingerprint density at radius 1 is 1.14 bits per heavy atom. The third-order valence-corrected chi connectivity index (χ3v) is 5.90. The number of carbonyl (C=O) groups excluding carboxylic acids is 1. The average molecular weight is 408 g/mol. The average Bonchev–Trinajstić information content (AvgIpc) is 3.12. The fourth-order valence-electron chi connectivity index (χ4n) is 3.50. The molecular formula is C23H25N3O2S. The molecule has 0 saturated carbocycles. The smallest absolute Gasteiger partial charge is 0.230 e. The number of fused-ring (bicyclic) bond motifs is 1. The molecule has 0 aliphatic carbocycles. The monoisotopic (exact) mass is 407 g/mol. The third kappa shape index (κ3) is 5.22. The second-order valence-electron chi connectivity index (χ2n) is 7.14.